The van der Waals surface area contributed by atoms with Crippen LogP contribution in [0, 0.1) is 0 Å². The predicted molar refractivity (Wildman–Crippen MR) is 60.6 cm³/mol. The molecule has 0 saturated carbocycles. The fourth-order valence-electron chi connectivity index (χ4n) is 1.86. The summed E-state index contributed by atoms with van der Waals surface area (Å²) in [6.45, 7) is 4.44. The SMILES string of the molecule is CC1(C)CCCN1S(=O)(=O)CC(N)=S. The van der Waals surface area contributed by atoms with Gasteiger partial charge in [-0.25, -0.2) is 8.42 Å². The second-order valence-electron chi connectivity index (χ2n) is 4.21. The Kier molecular flexibility index (Phi) is 3.18. The zero-order valence-electron chi connectivity index (χ0n) is 8.49. The van der Waals surface area contributed by atoms with Gasteiger partial charge in [0.1, 0.15) is 5.75 Å². The van der Waals surface area contributed by atoms with E-state index in [1.807, 2.05) is 13.8 Å². The lowest BCUT2D eigenvalue weighted by atomic mass is 10.0. The van der Waals surface area contributed by atoms with Gasteiger partial charge in [-0.2, -0.15) is 4.31 Å². The van der Waals surface area contributed by atoms with Crippen molar-refractivity contribution in [1.29, 1.82) is 0 Å². The van der Waals surface area contributed by atoms with E-state index in [0.29, 0.717) is 6.54 Å². The summed E-state index contributed by atoms with van der Waals surface area (Å²) in [5, 5.41) is 0. The van der Waals surface area contributed by atoms with Crippen molar-refractivity contribution in [3.63, 3.8) is 0 Å². The largest absolute Gasteiger partial charge is 0.392 e. The van der Waals surface area contributed by atoms with E-state index in [0.717, 1.165) is 12.8 Å². The monoisotopic (exact) mass is 236 g/mol. The van der Waals surface area contributed by atoms with Crippen molar-refractivity contribution in [2.45, 2.75) is 32.2 Å². The molecular formula is C8H16N2O2S2. The maximum Gasteiger partial charge on any atom is 0.221 e. The minimum Gasteiger partial charge on any atom is -0.392 e. The molecule has 0 radical (unpaired) electrons. The van der Waals surface area contributed by atoms with Gasteiger partial charge in [-0.05, 0) is 26.7 Å². The Morgan fingerprint density at radius 2 is 2.14 bits per heavy atom. The first kappa shape index (κ1) is 11.9. The first-order valence-electron chi connectivity index (χ1n) is 4.54. The summed E-state index contributed by atoms with van der Waals surface area (Å²) >= 11 is 4.63. The van der Waals surface area contributed by atoms with Gasteiger partial charge in [0.2, 0.25) is 10.0 Å². The van der Waals surface area contributed by atoms with Gasteiger partial charge in [-0.1, -0.05) is 12.2 Å². The van der Waals surface area contributed by atoms with Crippen molar-refractivity contribution in [3.8, 4) is 0 Å². The highest BCUT2D eigenvalue weighted by Gasteiger charge is 2.39. The van der Waals surface area contributed by atoms with E-state index in [-0.39, 0.29) is 16.3 Å². The third-order valence-corrected chi connectivity index (χ3v) is 4.84. The summed E-state index contributed by atoms with van der Waals surface area (Å²) in [5.74, 6) is -0.217. The molecule has 0 aromatic carbocycles. The van der Waals surface area contributed by atoms with Crippen molar-refractivity contribution in [1.82, 2.24) is 4.31 Å². The minimum absolute atomic E-state index is 0.0349. The molecule has 1 aliphatic rings. The van der Waals surface area contributed by atoms with Gasteiger partial charge in [0.05, 0.1) is 4.99 Å². The third-order valence-electron chi connectivity index (χ3n) is 2.49. The van der Waals surface area contributed by atoms with Crippen molar-refractivity contribution in [2.24, 2.45) is 5.73 Å². The van der Waals surface area contributed by atoms with Crippen molar-refractivity contribution in [3.05, 3.63) is 0 Å². The molecule has 0 aromatic heterocycles. The van der Waals surface area contributed by atoms with Gasteiger partial charge in [0, 0.05) is 12.1 Å². The molecule has 14 heavy (non-hydrogen) atoms. The molecule has 0 amide bonds. The maximum absolute atomic E-state index is 11.8. The van der Waals surface area contributed by atoms with Gasteiger partial charge in [0.15, 0.2) is 0 Å². The van der Waals surface area contributed by atoms with Crippen LogP contribution in [0.2, 0.25) is 0 Å². The second-order valence-corrected chi connectivity index (χ2v) is 6.63. The van der Waals surface area contributed by atoms with E-state index in [4.69, 9.17) is 5.73 Å². The fraction of sp³-hybridized carbons (Fsp3) is 0.875. The van der Waals surface area contributed by atoms with Crippen LogP contribution in [0.25, 0.3) is 0 Å². The molecule has 2 N–H and O–H groups in total. The topological polar surface area (TPSA) is 63.4 Å². The molecule has 6 heteroatoms. The van der Waals surface area contributed by atoms with E-state index < -0.39 is 10.0 Å². The van der Waals surface area contributed by atoms with Gasteiger partial charge in [-0.15, -0.1) is 0 Å². The number of rotatable bonds is 3. The molecule has 0 unspecified atom stereocenters. The highest BCUT2D eigenvalue weighted by molar-refractivity contribution is 7.92. The molecule has 1 heterocycles. The highest BCUT2D eigenvalue weighted by atomic mass is 32.2. The smallest absolute Gasteiger partial charge is 0.221 e. The molecule has 1 fully saturated rings. The Labute approximate surface area is 90.5 Å². The van der Waals surface area contributed by atoms with Crippen molar-refractivity contribution < 1.29 is 8.42 Å². The first-order chi connectivity index (χ1) is 6.26. The number of hydrogen-bond donors (Lipinski definition) is 1. The van der Waals surface area contributed by atoms with Gasteiger partial charge in [0.25, 0.3) is 0 Å². The predicted octanol–water partition coefficient (Wildman–Crippen LogP) is 0.477. The number of thiocarbonyl (C=S) groups is 1. The van der Waals surface area contributed by atoms with E-state index in [1.165, 1.54) is 4.31 Å². The van der Waals surface area contributed by atoms with E-state index in [2.05, 4.69) is 12.2 Å². The number of nitrogens with two attached hydrogens (primary N) is 1. The molecule has 0 bridgehead atoms. The average Bonchev–Trinajstić information content (AvgIpc) is 2.26. The summed E-state index contributed by atoms with van der Waals surface area (Å²) in [5.41, 5.74) is 4.97. The fourth-order valence-corrected chi connectivity index (χ4v) is 4.07. The third kappa shape index (κ3) is 2.43. The van der Waals surface area contributed by atoms with Gasteiger partial charge < -0.3 is 5.73 Å². The molecule has 0 aliphatic carbocycles. The Morgan fingerprint density at radius 3 is 2.50 bits per heavy atom. The van der Waals surface area contributed by atoms with Crippen LogP contribution in [0.15, 0.2) is 0 Å². The standard InChI is InChI=1S/C8H16N2O2S2/c1-8(2)4-3-5-10(8)14(11,12)6-7(9)13/h3-6H2,1-2H3,(H2,9,13). The lowest BCUT2D eigenvalue weighted by molar-refractivity contribution is 0.293. The summed E-state index contributed by atoms with van der Waals surface area (Å²) in [4.78, 5) is 0.0349. The molecular weight excluding hydrogens is 220 g/mol. The Morgan fingerprint density at radius 1 is 1.57 bits per heavy atom. The maximum atomic E-state index is 11.8. The molecule has 0 aromatic rings. The Hall–Kier alpha value is -0.200. The molecule has 1 aliphatic heterocycles. The second kappa shape index (κ2) is 3.75. The minimum atomic E-state index is -3.30. The summed E-state index contributed by atoms with van der Waals surface area (Å²) in [6.07, 6.45) is 1.80. The lowest BCUT2D eigenvalue weighted by Gasteiger charge is -2.30. The zero-order chi connectivity index (χ0) is 11.0. The molecule has 1 rings (SSSR count). The molecule has 82 valence electrons. The van der Waals surface area contributed by atoms with E-state index in [1.54, 1.807) is 0 Å². The number of nitrogens with zero attached hydrogens (tertiary/aromatic N) is 1. The normalized spacial score (nSPS) is 22.4. The van der Waals surface area contributed by atoms with Crippen LogP contribution in [0.3, 0.4) is 0 Å². The van der Waals surface area contributed by atoms with Crippen LogP contribution in [0.1, 0.15) is 26.7 Å². The Bertz CT molecular complexity index is 335. The number of hydrogen-bond acceptors (Lipinski definition) is 3. The van der Waals surface area contributed by atoms with Crippen molar-refractivity contribution >= 4 is 27.2 Å². The molecule has 4 nitrogen and oxygen atoms in total. The van der Waals surface area contributed by atoms with E-state index in [9.17, 15) is 8.42 Å². The first-order valence-corrected chi connectivity index (χ1v) is 6.56. The quantitative estimate of drug-likeness (QED) is 0.724. The zero-order valence-corrected chi connectivity index (χ0v) is 10.1. The van der Waals surface area contributed by atoms with Crippen LogP contribution in [-0.4, -0.2) is 35.5 Å². The van der Waals surface area contributed by atoms with Gasteiger partial charge >= 0.3 is 0 Å². The summed E-state index contributed by atoms with van der Waals surface area (Å²) in [6, 6.07) is 0. The number of sulfonamides is 1. The van der Waals surface area contributed by atoms with Crippen LogP contribution in [0.5, 0.6) is 0 Å². The highest BCUT2D eigenvalue weighted by Crippen LogP contribution is 2.30. The lowest BCUT2D eigenvalue weighted by Crippen LogP contribution is -2.45. The average molecular weight is 236 g/mol. The molecule has 0 atom stereocenters. The molecule has 1 saturated heterocycles. The summed E-state index contributed by atoms with van der Waals surface area (Å²) in [7, 11) is -3.30. The van der Waals surface area contributed by atoms with Crippen LogP contribution >= 0.6 is 12.2 Å². The van der Waals surface area contributed by atoms with Crippen LogP contribution < -0.4 is 5.73 Å². The van der Waals surface area contributed by atoms with Crippen molar-refractivity contribution in [2.75, 3.05) is 12.3 Å². The molecule has 0 spiro atoms. The van der Waals surface area contributed by atoms with Crippen LogP contribution in [0.4, 0.5) is 0 Å². The van der Waals surface area contributed by atoms with Crippen LogP contribution in [-0.2, 0) is 10.0 Å². The summed E-state index contributed by atoms with van der Waals surface area (Å²) < 4.78 is 25.1. The van der Waals surface area contributed by atoms with Gasteiger partial charge in [-0.3, -0.25) is 0 Å². The van der Waals surface area contributed by atoms with E-state index >= 15 is 0 Å². The Balaban J connectivity index is 2.88.